The standard InChI is InChI=1S/C18H16F4N4O3S/c1-25-16(12-5-4-6-13(11-12)18(20,21)22)24-26(17(25)27)10-9-23-30(28,29)15-8-3-2-7-14(15)19/h2-8,11,23H,9-10H2,1H3. The number of alkyl halides is 3. The summed E-state index contributed by atoms with van der Waals surface area (Å²) in [6, 6.07) is 9.14. The second kappa shape index (κ2) is 8.03. The van der Waals surface area contributed by atoms with Crippen molar-refractivity contribution >= 4 is 10.0 Å². The summed E-state index contributed by atoms with van der Waals surface area (Å²) in [5.74, 6) is -0.935. The van der Waals surface area contributed by atoms with E-state index in [1.807, 2.05) is 0 Å². The smallest absolute Gasteiger partial charge is 0.278 e. The maximum Gasteiger partial charge on any atom is 0.416 e. The molecule has 2 aromatic carbocycles. The molecule has 3 rings (SSSR count). The maximum absolute atomic E-state index is 13.7. The first-order valence-electron chi connectivity index (χ1n) is 8.56. The average Bonchev–Trinajstić information content (AvgIpc) is 2.96. The van der Waals surface area contributed by atoms with Gasteiger partial charge in [0.15, 0.2) is 5.82 Å². The molecular weight excluding hydrogens is 428 g/mol. The van der Waals surface area contributed by atoms with E-state index in [2.05, 4.69) is 9.82 Å². The summed E-state index contributed by atoms with van der Waals surface area (Å²) in [5, 5.41) is 4.00. The van der Waals surface area contributed by atoms with Crippen LogP contribution in [0.15, 0.2) is 58.2 Å². The highest BCUT2D eigenvalue weighted by Crippen LogP contribution is 2.31. The topological polar surface area (TPSA) is 86.0 Å². The fourth-order valence-corrected chi connectivity index (χ4v) is 3.84. The van der Waals surface area contributed by atoms with Crippen molar-refractivity contribution in [2.24, 2.45) is 7.05 Å². The van der Waals surface area contributed by atoms with Gasteiger partial charge in [-0.2, -0.15) is 13.2 Å². The lowest BCUT2D eigenvalue weighted by molar-refractivity contribution is -0.137. The number of halogens is 4. The van der Waals surface area contributed by atoms with E-state index in [1.54, 1.807) is 0 Å². The molecule has 0 amide bonds. The molecule has 3 aromatic rings. The van der Waals surface area contributed by atoms with Gasteiger partial charge in [-0.05, 0) is 24.3 Å². The zero-order valence-electron chi connectivity index (χ0n) is 15.5. The fraction of sp³-hybridized carbons (Fsp3) is 0.222. The summed E-state index contributed by atoms with van der Waals surface area (Å²) < 4.78 is 81.0. The Labute approximate surface area is 168 Å². The van der Waals surface area contributed by atoms with Gasteiger partial charge in [0.1, 0.15) is 10.7 Å². The third-order valence-corrected chi connectivity index (χ3v) is 5.73. The van der Waals surface area contributed by atoms with E-state index in [4.69, 9.17) is 0 Å². The Hall–Kier alpha value is -2.99. The van der Waals surface area contributed by atoms with Crippen LogP contribution in [0.2, 0.25) is 0 Å². The van der Waals surface area contributed by atoms with Crippen molar-refractivity contribution in [3.05, 3.63) is 70.4 Å². The molecule has 0 atom stereocenters. The first-order chi connectivity index (χ1) is 14.0. The number of hydrogen-bond donors (Lipinski definition) is 1. The molecule has 0 saturated carbocycles. The van der Waals surface area contributed by atoms with Crippen molar-refractivity contribution in [1.29, 1.82) is 0 Å². The summed E-state index contributed by atoms with van der Waals surface area (Å²) in [6.45, 7) is -0.491. The Bertz CT molecular complexity index is 1230. The van der Waals surface area contributed by atoms with Crippen LogP contribution >= 0.6 is 0 Å². The summed E-state index contributed by atoms with van der Waals surface area (Å²) in [7, 11) is -2.81. The first kappa shape index (κ1) is 21.7. The minimum atomic E-state index is -4.55. The SMILES string of the molecule is Cn1c(-c2cccc(C(F)(F)F)c2)nn(CCNS(=O)(=O)c2ccccc2F)c1=O. The van der Waals surface area contributed by atoms with Gasteiger partial charge >= 0.3 is 11.9 Å². The highest BCUT2D eigenvalue weighted by atomic mass is 32.2. The fourth-order valence-electron chi connectivity index (χ4n) is 2.75. The van der Waals surface area contributed by atoms with Crippen LogP contribution in [0, 0.1) is 5.82 Å². The summed E-state index contributed by atoms with van der Waals surface area (Å²) in [6.07, 6.45) is -4.55. The minimum absolute atomic E-state index is 0.0111. The second-order valence-corrected chi connectivity index (χ2v) is 8.03. The largest absolute Gasteiger partial charge is 0.416 e. The van der Waals surface area contributed by atoms with Crippen LogP contribution in [0.4, 0.5) is 17.6 Å². The predicted molar refractivity (Wildman–Crippen MR) is 99.5 cm³/mol. The van der Waals surface area contributed by atoms with Crippen LogP contribution < -0.4 is 10.4 Å². The van der Waals surface area contributed by atoms with Gasteiger partial charge in [-0.25, -0.2) is 27.0 Å². The Kier molecular flexibility index (Phi) is 5.81. The van der Waals surface area contributed by atoms with Gasteiger partial charge in [-0.15, -0.1) is 5.10 Å². The molecule has 0 unspecified atom stereocenters. The third kappa shape index (κ3) is 4.44. The van der Waals surface area contributed by atoms with Gasteiger partial charge in [0.2, 0.25) is 10.0 Å². The molecule has 0 spiro atoms. The number of sulfonamides is 1. The van der Waals surface area contributed by atoms with E-state index in [-0.39, 0.29) is 24.5 Å². The van der Waals surface area contributed by atoms with Crippen molar-refractivity contribution in [1.82, 2.24) is 19.1 Å². The van der Waals surface area contributed by atoms with Gasteiger partial charge in [0, 0.05) is 19.2 Å². The third-order valence-electron chi connectivity index (χ3n) is 4.23. The van der Waals surface area contributed by atoms with Crippen molar-refractivity contribution in [3.8, 4) is 11.4 Å². The zero-order chi connectivity index (χ0) is 22.1. The van der Waals surface area contributed by atoms with E-state index >= 15 is 0 Å². The minimum Gasteiger partial charge on any atom is -0.278 e. The highest BCUT2D eigenvalue weighted by Gasteiger charge is 2.31. The van der Waals surface area contributed by atoms with Crippen LogP contribution in [-0.2, 0) is 29.8 Å². The molecule has 0 bridgehead atoms. The Morgan fingerprint density at radius 2 is 1.80 bits per heavy atom. The molecule has 0 saturated heterocycles. The molecule has 160 valence electrons. The zero-order valence-corrected chi connectivity index (χ0v) is 16.3. The number of hydrogen-bond acceptors (Lipinski definition) is 4. The maximum atomic E-state index is 13.7. The monoisotopic (exact) mass is 444 g/mol. The van der Waals surface area contributed by atoms with E-state index in [1.165, 1.54) is 31.3 Å². The molecule has 1 heterocycles. The van der Waals surface area contributed by atoms with Crippen molar-refractivity contribution in [2.45, 2.75) is 17.6 Å². The van der Waals surface area contributed by atoms with Gasteiger partial charge in [-0.1, -0.05) is 24.3 Å². The van der Waals surface area contributed by atoms with Crippen LogP contribution in [0.5, 0.6) is 0 Å². The lowest BCUT2D eigenvalue weighted by Crippen LogP contribution is -2.32. The average molecular weight is 444 g/mol. The lowest BCUT2D eigenvalue weighted by Gasteiger charge is -2.08. The molecule has 0 radical (unpaired) electrons. The highest BCUT2D eigenvalue weighted by molar-refractivity contribution is 7.89. The van der Waals surface area contributed by atoms with Crippen LogP contribution in [0.3, 0.4) is 0 Å². The molecule has 12 heteroatoms. The van der Waals surface area contributed by atoms with Gasteiger partial charge in [-0.3, -0.25) is 4.57 Å². The van der Waals surface area contributed by atoms with E-state index in [0.717, 1.165) is 33.5 Å². The van der Waals surface area contributed by atoms with E-state index in [9.17, 15) is 30.8 Å². The molecule has 0 fully saturated rings. The Morgan fingerprint density at radius 3 is 2.47 bits per heavy atom. The summed E-state index contributed by atoms with van der Waals surface area (Å²) >= 11 is 0. The number of nitrogens with zero attached hydrogens (tertiary/aromatic N) is 3. The van der Waals surface area contributed by atoms with E-state index < -0.39 is 38.2 Å². The quantitative estimate of drug-likeness (QED) is 0.592. The molecule has 0 aliphatic heterocycles. The molecule has 1 aromatic heterocycles. The lowest BCUT2D eigenvalue weighted by atomic mass is 10.1. The van der Waals surface area contributed by atoms with Crippen LogP contribution in [-0.4, -0.2) is 29.3 Å². The molecular formula is C18H16F4N4O3S. The summed E-state index contributed by atoms with van der Waals surface area (Å²) in [5.41, 5.74) is -1.46. The molecule has 0 aliphatic rings. The Morgan fingerprint density at radius 1 is 1.10 bits per heavy atom. The summed E-state index contributed by atoms with van der Waals surface area (Å²) in [4.78, 5) is 11.8. The van der Waals surface area contributed by atoms with Crippen molar-refractivity contribution in [2.75, 3.05) is 6.54 Å². The number of nitrogens with one attached hydrogen (secondary N) is 1. The first-order valence-corrected chi connectivity index (χ1v) is 10.0. The van der Waals surface area contributed by atoms with Crippen molar-refractivity contribution in [3.63, 3.8) is 0 Å². The predicted octanol–water partition coefficient (Wildman–Crippen LogP) is 2.39. The number of benzene rings is 2. The Balaban J connectivity index is 1.80. The van der Waals surface area contributed by atoms with Gasteiger partial charge in [0.05, 0.1) is 12.1 Å². The molecule has 30 heavy (non-hydrogen) atoms. The van der Waals surface area contributed by atoms with E-state index in [0.29, 0.717) is 0 Å². The van der Waals surface area contributed by atoms with Crippen LogP contribution in [0.1, 0.15) is 5.56 Å². The van der Waals surface area contributed by atoms with Crippen molar-refractivity contribution < 1.29 is 26.0 Å². The molecule has 0 aliphatic carbocycles. The number of aromatic nitrogens is 3. The molecule has 1 N–H and O–H groups in total. The molecule has 7 nitrogen and oxygen atoms in total. The van der Waals surface area contributed by atoms with Crippen LogP contribution in [0.25, 0.3) is 11.4 Å². The second-order valence-electron chi connectivity index (χ2n) is 6.30. The normalized spacial score (nSPS) is 12.3. The number of rotatable bonds is 6. The van der Waals surface area contributed by atoms with Gasteiger partial charge in [0.25, 0.3) is 0 Å². The van der Waals surface area contributed by atoms with Gasteiger partial charge < -0.3 is 0 Å².